The highest BCUT2D eigenvalue weighted by Gasteiger charge is 2.42. The van der Waals surface area contributed by atoms with E-state index in [4.69, 9.17) is 0 Å². The number of anilines is 1. The number of alkyl halides is 3. The molecule has 2 bridgehead atoms. The van der Waals surface area contributed by atoms with E-state index in [1.54, 1.807) is 6.07 Å². The van der Waals surface area contributed by atoms with E-state index in [2.05, 4.69) is 14.8 Å². The Balaban J connectivity index is 1.51. The minimum Gasteiger partial charge on any atom is -0.370 e. The van der Waals surface area contributed by atoms with Gasteiger partial charge in [-0.25, -0.2) is 0 Å². The minimum absolute atomic E-state index is 0.0672. The first-order valence-electron chi connectivity index (χ1n) is 9.94. The first kappa shape index (κ1) is 17.3. The molecule has 144 valence electrons. The normalized spacial score (nSPS) is 29.0. The maximum absolute atomic E-state index is 13.4. The lowest BCUT2D eigenvalue weighted by molar-refractivity contribution is -0.136. The van der Waals surface area contributed by atoms with Gasteiger partial charge in [0.05, 0.1) is 11.1 Å². The van der Waals surface area contributed by atoms with Crippen LogP contribution in [0.5, 0.6) is 0 Å². The summed E-state index contributed by atoms with van der Waals surface area (Å²) >= 11 is 0. The van der Waals surface area contributed by atoms with Gasteiger partial charge in [0.1, 0.15) is 0 Å². The lowest BCUT2D eigenvalue weighted by Crippen LogP contribution is -2.59. The zero-order chi connectivity index (χ0) is 18.6. The molecule has 3 saturated heterocycles. The second-order valence-electron chi connectivity index (χ2n) is 8.35. The van der Waals surface area contributed by atoms with E-state index in [1.165, 1.54) is 44.5 Å². The van der Waals surface area contributed by atoms with Crippen LogP contribution in [-0.4, -0.2) is 42.1 Å². The summed E-state index contributed by atoms with van der Waals surface area (Å²) in [5.41, 5.74) is 0.333. The Morgan fingerprint density at radius 3 is 2.78 bits per heavy atom. The van der Waals surface area contributed by atoms with Gasteiger partial charge in [-0.2, -0.15) is 13.2 Å². The van der Waals surface area contributed by atoms with Crippen LogP contribution in [0, 0.1) is 11.8 Å². The van der Waals surface area contributed by atoms with Gasteiger partial charge in [-0.05, 0) is 49.8 Å². The number of fused-ring (bicyclic) bond motifs is 5. The van der Waals surface area contributed by atoms with E-state index in [9.17, 15) is 13.2 Å². The average molecular weight is 375 g/mol. The molecule has 1 aromatic heterocycles. The largest absolute Gasteiger partial charge is 0.418 e. The summed E-state index contributed by atoms with van der Waals surface area (Å²) in [4.78, 5) is 9.09. The van der Waals surface area contributed by atoms with Gasteiger partial charge in [0, 0.05) is 42.9 Å². The van der Waals surface area contributed by atoms with Crippen LogP contribution in [0.15, 0.2) is 30.5 Å². The van der Waals surface area contributed by atoms with Crippen molar-refractivity contribution in [3.8, 4) is 0 Å². The van der Waals surface area contributed by atoms with Crippen molar-refractivity contribution in [2.45, 2.75) is 37.9 Å². The number of nitrogens with zero attached hydrogens (tertiary/aromatic N) is 3. The Hall–Kier alpha value is -1.82. The lowest BCUT2D eigenvalue weighted by atomic mass is 9.76. The number of rotatable bonds is 1. The Labute approximate surface area is 157 Å². The van der Waals surface area contributed by atoms with Crippen molar-refractivity contribution < 1.29 is 13.2 Å². The standard InChI is InChI=1S/C21H24F3N3/c22-21(23,24)17-5-3-4-16-19(7-8-25-20(16)17)27-12-14-10-15(13-27)18-6-1-2-9-26(18)11-14/h3-5,7-8,14-15,18H,1-2,6,9-13H2/t14-,15-,18+/m1/s1. The maximum atomic E-state index is 13.4. The molecule has 0 saturated carbocycles. The molecule has 6 heteroatoms. The molecule has 0 aliphatic carbocycles. The Kier molecular flexibility index (Phi) is 4.08. The summed E-state index contributed by atoms with van der Waals surface area (Å²) in [5, 5.41) is 0.618. The number of aromatic nitrogens is 1. The van der Waals surface area contributed by atoms with Crippen LogP contribution < -0.4 is 4.90 Å². The first-order valence-corrected chi connectivity index (χ1v) is 9.94. The van der Waals surface area contributed by atoms with Crippen molar-refractivity contribution in [1.82, 2.24) is 9.88 Å². The first-order chi connectivity index (χ1) is 13.0. The van der Waals surface area contributed by atoms with Crippen LogP contribution in [-0.2, 0) is 6.18 Å². The Morgan fingerprint density at radius 2 is 1.93 bits per heavy atom. The van der Waals surface area contributed by atoms with Gasteiger partial charge < -0.3 is 4.90 Å². The molecular weight excluding hydrogens is 351 g/mol. The number of pyridine rings is 1. The van der Waals surface area contributed by atoms with Gasteiger partial charge in [0.15, 0.2) is 0 Å². The molecule has 0 radical (unpaired) electrons. The van der Waals surface area contributed by atoms with E-state index in [-0.39, 0.29) is 5.52 Å². The monoisotopic (exact) mass is 375 g/mol. The molecule has 3 fully saturated rings. The summed E-state index contributed by atoms with van der Waals surface area (Å²) in [7, 11) is 0. The number of para-hydroxylation sites is 1. The van der Waals surface area contributed by atoms with Gasteiger partial charge in [-0.3, -0.25) is 9.88 Å². The number of hydrogen-bond acceptors (Lipinski definition) is 3. The van der Waals surface area contributed by atoms with Gasteiger partial charge >= 0.3 is 6.18 Å². The van der Waals surface area contributed by atoms with Crippen LogP contribution >= 0.6 is 0 Å². The molecule has 3 aliphatic heterocycles. The van der Waals surface area contributed by atoms with Gasteiger partial charge in [-0.1, -0.05) is 18.6 Å². The third kappa shape index (κ3) is 2.98. The van der Waals surface area contributed by atoms with Crippen molar-refractivity contribution in [3.63, 3.8) is 0 Å². The van der Waals surface area contributed by atoms with E-state index in [0.29, 0.717) is 23.3 Å². The SMILES string of the molecule is FC(F)(F)c1cccc2c(N3C[C@@H]4C[C@H](C3)[C@@H]3CCCCN3C4)ccnc12. The van der Waals surface area contributed by atoms with Crippen molar-refractivity contribution >= 4 is 16.6 Å². The Morgan fingerprint density at radius 1 is 1.04 bits per heavy atom. The molecule has 2 aromatic rings. The molecular formula is C21H24F3N3. The molecule has 1 aromatic carbocycles. The fourth-order valence-electron chi connectivity index (χ4n) is 5.63. The molecule has 27 heavy (non-hydrogen) atoms. The van der Waals surface area contributed by atoms with Gasteiger partial charge in [0.2, 0.25) is 0 Å². The minimum atomic E-state index is -4.38. The summed E-state index contributed by atoms with van der Waals surface area (Å²) in [6.45, 7) is 4.21. The quantitative estimate of drug-likeness (QED) is 0.728. The van der Waals surface area contributed by atoms with Crippen LogP contribution in [0.3, 0.4) is 0 Å². The lowest BCUT2D eigenvalue weighted by Gasteiger charge is -2.53. The molecule has 0 spiro atoms. The zero-order valence-corrected chi connectivity index (χ0v) is 15.3. The second-order valence-corrected chi connectivity index (χ2v) is 8.35. The smallest absolute Gasteiger partial charge is 0.370 e. The highest BCUT2D eigenvalue weighted by atomic mass is 19.4. The number of benzene rings is 1. The van der Waals surface area contributed by atoms with Crippen LogP contribution in [0.4, 0.5) is 18.9 Å². The van der Waals surface area contributed by atoms with Gasteiger partial charge in [-0.15, -0.1) is 0 Å². The number of hydrogen-bond donors (Lipinski definition) is 0. The maximum Gasteiger partial charge on any atom is 0.418 e. The highest BCUT2D eigenvalue weighted by Crippen LogP contribution is 2.41. The van der Waals surface area contributed by atoms with E-state index < -0.39 is 11.7 Å². The fourth-order valence-corrected chi connectivity index (χ4v) is 5.63. The van der Waals surface area contributed by atoms with Crippen LogP contribution in [0.25, 0.3) is 10.9 Å². The van der Waals surface area contributed by atoms with E-state index in [1.807, 2.05) is 6.07 Å². The zero-order valence-electron chi connectivity index (χ0n) is 15.3. The van der Waals surface area contributed by atoms with Crippen molar-refractivity contribution in [1.29, 1.82) is 0 Å². The van der Waals surface area contributed by atoms with E-state index in [0.717, 1.165) is 31.4 Å². The molecule has 0 amide bonds. The molecule has 0 unspecified atom stereocenters. The third-order valence-electron chi connectivity index (χ3n) is 6.66. The number of piperidine rings is 3. The predicted molar refractivity (Wildman–Crippen MR) is 99.8 cm³/mol. The predicted octanol–water partition coefficient (Wildman–Crippen LogP) is 4.56. The van der Waals surface area contributed by atoms with E-state index >= 15 is 0 Å². The number of halogens is 3. The average Bonchev–Trinajstić information content (AvgIpc) is 2.66. The molecule has 3 atom stereocenters. The molecule has 3 nitrogen and oxygen atoms in total. The molecule has 3 aliphatic rings. The van der Waals surface area contributed by atoms with Crippen LogP contribution in [0.2, 0.25) is 0 Å². The molecule has 5 rings (SSSR count). The molecule has 4 heterocycles. The summed E-state index contributed by atoms with van der Waals surface area (Å²) in [5.74, 6) is 1.22. The second kappa shape index (κ2) is 6.36. The van der Waals surface area contributed by atoms with Crippen molar-refractivity contribution in [2.75, 3.05) is 31.1 Å². The molecule has 0 N–H and O–H groups in total. The summed E-state index contributed by atoms with van der Waals surface area (Å²) in [6.07, 6.45) is 2.27. The summed E-state index contributed by atoms with van der Waals surface area (Å²) in [6, 6.07) is 6.96. The Bertz CT molecular complexity index is 850. The summed E-state index contributed by atoms with van der Waals surface area (Å²) < 4.78 is 40.2. The topological polar surface area (TPSA) is 19.4 Å². The fraction of sp³-hybridized carbons (Fsp3) is 0.571. The third-order valence-corrected chi connectivity index (χ3v) is 6.66. The highest BCUT2D eigenvalue weighted by molar-refractivity contribution is 5.93. The van der Waals surface area contributed by atoms with Crippen LogP contribution in [0.1, 0.15) is 31.2 Å². The van der Waals surface area contributed by atoms with Crippen molar-refractivity contribution in [2.24, 2.45) is 11.8 Å². The van der Waals surface area contributed by atoms with Gasteiger partial charge in [0.25, 0.3) is 0 Å². The van der Waals surface area contributed by atoms with Crippen molar-refractivity contribution in [3.05, 3.63) is 36.0 Å².